The second-order valence-corrected chi connectivity index (χ2v) is 17.7. The minimum absolute atomic E-state index is 0.112. The van der Waals surface area contributed by atoms with E-state index in [-0.39, 0.29) is 12.7 Å². The van der Waals surface area contributed by atoms with Crippen molar-refractivity contribution in [2.24, 2.45) is 0 Å². The first-order valence-electron chi connectivity index (χ1n) is 24.5. The highest BCUT2D eigenvalue weighted by Gasteiger charge is 2.50. The molecule has 2 heterocycles. The molecule has 352 valence electrons. The van der Waals surface area contributed by atoms with Crippen molar-refractivity contribution in [2.75, 3.05) is 26.9 Å². The number of hydrogen-bond donors (Lipinski definition) is 7. The number of aliphatic hydroxyl groups is 7. The lowest BCUT2D eigenvalue weighted by atomic mass is 9.97. The molecule has 2 aliphatic heterocycles. The summed E-state index contributed by atoms with van der Waals surface area (Å²) >= 11 is 0. The Bertz CT molecular complexity index is 927. The molecule has 2 rings (SSSR count). The van der Waals surface area contributed by atoms with Crippen LogP contribution in [0.4, 0.5) is 0 Å². The fourth-order valence-electron chi connectivity index (χ4n) is 8.56. The molecule has 11 atom stereocenters. The second kappa shape index (κ2) is 35.9. The summed E-state index contributed by atoms with van der Waals surface area (Å²) in [7, 11) is 1.60. The summed E-state index contributed by atoms with van der Waals surface area (Å²) in [6, 6.07) is 0. The van der Waals surface area contributed by atoms with Crippen molar-refractivity contribution in [3.63, 3.8) is 0 Å². The van der Waals surface area contributed by atoms with E-state index in [1.807, 2.05) is 0 Å². The van der Waals surface area contributed by atoms with Crippen LogP contribution in [0, 0.1) is 0 Å². The normalized spacial score (nSPS) is 28.0. The summed E-state index contributed by atoms with van der Waals surface area (Å²) in [5.74, 6) is 0. The fraction of sp³-hybridized carbons (Fsp3) is 1.00. The van der Waals surface area contributed by atoms with Crippen LogP contribution >= 0.6 is 0 Å². The van der Waals surface area contributed by atoms with Crippen LogP contribution in [0.25, 0.3) is 0 Å². The molecule has 12 nitrogen and oxygen atoms in total. The van der Waals surface area contributed by atoms with Crippen LogP contribution in [0.1, 0.15) is 206 Å². The molecule has 0 aromatic rings. The van der Waals surface area contributed by atoms with Gasteiger partial charge in [-0.1, -0.05) is 200 Å². The van der Waals surface area contributed by atoms with E-state index in [1.54, 1.807) is 7.11 Å². The molecule has 2 fully saturated rings. The lowest BCUT2D eigenvalue weighted by Crippen LogP contribution is -2.64. The Morgan fingerprint density at radius 2 is 0.780 bits per heavy atom. The zero-order valence-electron chi connectivity index (χ0n) is 37.6. The van der Waals surface area contributed by atoms with Gasteiger partial charge in [0, 0.05) is 7.11 Å². The number of hydrogen-bond acceptors (Lipinski definition) is 12. The number of rotatable bonds is 39. The molecule has 59 heavy (non-hydrogen) atoms. The number of methoxy groups -OCH3 is 1. The summed E-state index contributed by atoms with van der Waals surface area (Å²) in [6.45, 7) is 1.14. The van der Waals surface area contributed by atoms with Crippen molar-refractivity contribution >= 4 is 0 Å². The Hall–Kier alpha value is -0.480. The van der Waals surface area contributed by atoms with E-state index in [2.05, 4.69) is 6.92 Å². The highest BCUT2D eigenvalue weighted by atomic mass is 16.7. The SMILES string of the molecule is CCCCCCCCCCCCCCCCCCCCCCCCCCCCCCCCC(CO[C@@H]1OC(CO)[C@@H](O[C@@H]2OC(CO)[C@H](O)[C@H](O)C2O)[C@H](O)C1O)OC. The Balaban J connectivity index is 1.37. The summed E-state index contributed by atoms with van der Waals surface area (Å²) in [5, 5.41) is 71.4. The van der Waals surface area contributed by atoms with Gasteiger partial charge in [0.05, 0.1) is 25.9 Å². The third-order valence-electron chi connectivity index (χ3n) is 12.6. The smallest absolute Gasteiger partial charge is 0.187 e. The largest absolute Gasteiger partial charge is 0.394 e. The maximum Gasteiger partial charge on any atom is 0.187 e. The third-order valence-corrected chi connectivity index (χ3v) is 12.6. The highest BCUT2D eigenvalue weighted by molar-refractivity contribution is 4.94. The van der Waals surface area contributed by atoms with Crippen molar-refractivity contribution in [2.45, 2.75) is 273 Å². The highest BCUT2D eigenvalue weighted by Crippen LogP contribution is 2.30. The van der Waals surface area contributed by atoms with Gasteiger partial charge >= 0.3 is 0 Å². The van der Waals surface area contributed by atoms with E-state index in [1.165, 1.54) is 180 Å². The van der Waals surface area contributed by atoms with Gasteiger partial charge in [0.15, 0.2) is 12.6 Å². The molecule has 0 aromatic heterocycles. The molecule has 0 aromatic carbocycles. The van der Waals surface area contributed by atoms with Crippen molar-refractivity contribution in [1.29, 1.82) is 0 Å². The summed E-state index contributed by atoms with van der Waals surface area (Å²) in [4.78, 5) is 0. The van der Waals surface area contributed by atoms with Crippen LogP contribution in [0.15, 0.2) is 0 Å². The van der Waals surface area contributed by atoms with E-state index in [0.717, 1.165) is 19.3 Å². The molecule has 0 bridgehead atoms. The van der Waals surface area contributed by atoms with Gasteiger partial charge in [-0.05, 0) is 6.42 Å². The summed E-state index contributed by atoms with van der Waals surface area (Å²) in [5.41, 5.74) is 0. The Labute approximate surface area is 359 Å². The molecule has 7 N–H and O–H groups in total. The summed E-state index contributed by atoms with van der Waals surface area (Å²) < 4.78 is 28.0. The molecule has 5 unspecified atom stereocenters. The Morgan fingerprint density at radius 1 is 0.424 bits per heavy atom. The quantitative estimate of drug-likeness (QED) is 0.0299. The van der Waals surface area contributed by atoms with Gasteiger partial charge in [-0.3, -0.25) is 0 Å². The molecular formula is C47H92O12. The molecule has 0 spiro atoms. The lowest BCUT2D eigenvalue weighted by molar-refractivity contribution is -0.360. The average Bonchev–Trinajstić information content (AvgIpc) is 3.24. The lowest BCUT2D eigenvalue weighted by Gasteiger charge is -2.46. The predicted octanol–water partition coefficient (Wildman–Crippen LogP) is 7.76. The van der Waals surface area contributed by atoms with Gasteiger partial charge in [-0.25, -0.2) is 0 Å². The topological polar surface area (TPSA) is 188 Å². The minimum Gasteiger partial charge on any atom is -0.394 e. The van der Waals surface area contributed by atoms with Crippen LogP contribution in [0.5, 0.6) is 0 Å². The van der Waals surface area contributed by atoms with Crippen LogP contribution in [0.3, 0.4) is 0 Å². The van der Waals surface area contributed by atoms with Gasteiger partial charge < -0.3 is 59.4 Å². The van der Waals surface area contributed by atoms with Crippen LogP contribution in [0.2, 0.25) is 0 Å². The van der Waals surface area contributed by atoms with Crippen molar-refractivity contribution in [3.05, 3.63) is 0 Å². The zero-order chi connectivity index (χ0) is 42.9. The number of unbranched alkanes of at least 4 members (excludes halogenated alkanes) is 29. The molecule has 0 saturated carbocycles. The van der Waals surface area contributed by atoms with E-state index < -0.39 is 74.6 Å². The van der Waals surface area contributed by atoms with Gasteiger partial charge in [-0.2, -0.15) is 0 Å². The predicted molar refractivity (Wildman–Crippen MR) is 232 cm³/mol. The molecule has 2 aliphatic rings. The number of ether oxygens (including phenoxy) is 5. The average molecular weight is 849 g/mol. The first-order chi connectivity index (χ1) is 28.8. The monoisotopic (exact) mass is 849 g/mol. The van der Waals surface area contributed by atoms with E-state index in [9.17, 15) is 35.7 Å². The van der Waals surface area contributed by atoms with E-state index in [0.29, 0.717) is 0 Å². The van der Waals surface area contributed by atoms with Gasteiger partial charge in [0.1, 0.15) is 48.8 Å². The standard InChI is InChI=1S/C47H92O12/c1-3-4-5-6-7-8-9-10-11-12-13-14-15-16-17-18-19-20-21-22-23-24-25-26-27-28-29-30-31-32-33-37(55-2)36-56-46-44(54)42(52)45(39(35-49)58-46)59-47-43(53)41(51)40(50)38(34-48)57-47/h37-54H,3-36H2,1-2H3/t37?,38?,39?,40-,41-,42+,43?,44?,45+,46+,47-/m0/s1. The molecule has 0 radical (unpaired) electrons. The van der Waals surface area contributed by atoms with Crippen molar-refractivity contribution in [1.82, 2.24) is 0 Å². The maximum absolute atomic E-state index is 10.8. The molecule has 2 saturated heterocycles. The molecule has 0 aliphatic carbocycles. The number of aliphatic hydroxyl groups excluding tert-OH is 7. The second-order valence-electron chi connectivity index (χ2n) is 17.7. The van der Waals surface area contributed by atoms with Crippen molar-refractivity contribution < 1.29 is 59.4 Å². The van der Waals surface area contributed by atoms with Crippen LogP contribution in [-0.4, -0.2) is 130 Å². The Kier molecular flexibility index (Phi) is 33.3. The van der Waals surface area contributed by atoms with Crippen molar-refractivity contribution in [3.8, 4) is 0 Å². The zero-order valence-corrected chi connectivity index (χ0v) is 37.6. The van der Waals surface area contributed by atoms with Crippen LogP contribution in [-0.2, 0) is 23.7 Å². The van der Waals surface area contributed by atoms with Crippen LogP contribution < -0.4 is 0 Å². The first-order valence-corrected chi connectivity index (χ1v) is 24.5. The summed E-state index contributed by atoms with van der Waals surface area (Å²) in [6.07, 6.45) is 27.0. The van der Waals surface area contributed by atoms with Gasteiger partial charge in [0.2, 0.25) is 0 Å². The fourth-order valence-corrected chi connectivity index (χ4v) is 8.56. The molecular weight excluding hydrogens is 757 g/mol. The maximum atomic E-state index is 10.8. The Morgan fingerprint density at radius 3 is 1.15 bits per heavy atom. The minimum atomic E-state index is -1.72. The van der Waals surface area contributed by atoms with E-state index in [4.69, 9.17) is 23.7 Å². The van der Waals surface area contributed by atoms with E-state index >= 15 is 0 Å². The first kappa shape index (κ1) is 54.7. The third kappa shape index (κ3) is 23.7. The molecule has 0 amide bonds. The van der Waals surface area contributed by atoms with Gasteiger partial charge in [-0.15, -0.1) is 0 Å². The molecule has 12 heteroatoms. The van der Waals surface area contributed by atoms with Gasteiger partial charge in [0.25, 0.3) is 0 Å².